The van der Waals surface area contributed by atoms with Crippen molar-refractivity contribution in [3.63, 3.8) is 0 Å². The third-order valence-corrected chi connectivity index (χ3v) is 5.73. The Labute approximate surface area is 209 Å². The summed E-state index contributed by atoms with van der Waals surface area (Å²) in [5.74, 6) is -0.444. The highest BCUT2D eigenvalue weighted by Gasteiger charge is 2.24. The minimum atomic E-state index is -1.12. The van der Waals surface area contributed by atoms with Crippen LogP contribution < -0.4 is 10.9 Å². The van der Waals surface area contributed by atoms with Crippen molar-refractivity contribution in [2.24, 2.45) is 7.05 Å². The third-order valence-electron chi connectivity index (χ3n) is 5.73. The van der Waals surface area contributed by atoms with Gasteiger partial charge in [-0.2, -0.15) is 0 Å². The van der Waals surface area contributed by atoms with E-state index in [0.717, 1.165) is 16.6 Å². The first kappa shape index (κ1) is 28.5. The Morgan fingerprint density at radius 2 is 1.86 bits per heavy atom. The Kier molecular flexibility index (Phi) is 9.99. The molecule has 0 unspecified atom stereocenters. The normalized spacial score (nSPS) is 13.1. The highest BCUT2D eigenvalue weighted by molar-refractivity contribution is 5.85. The van der Waals surface area contributed by atoms with Gasteiger partial charge in [0.1, 0.15) is 11.9 Å². The number of benzene rings is 1. The summed E-state index contributed by atoms with van der Waals surface area (Å²) in [6.07, 6.45) is 0.718. The van der Waals surface area contributed by atoms with E-state index in [2.05, 4.69) is 9.88 Å². The van der Waals surface area contributed by atoms with Gasteiger partial charge in [0, 0.05) is 45.1 Å². The number of hydrogen-bond donors (Lipinski definition) is 3. The van der Waals surface area contributed by atoms with Crippen LogP contribution in [0.15, 0.2) is 35.3 Å². The first-order chi connectivity index (χ1) is 16.2. The van der Waals surface area contributed by atoms with E-state index >= 15 is 0 Å². The number of aryl methyl sites for hydroxylation is 2. The predicted molar refractivity (Wildman–Crippen MR) is 135 cm³/mol. The van der Waals surface area contributed by atoms with Crippen LogP contribution in [0.3, 0.4) is 0 Å². The smallest absolute Gasteiger partial charge is 0.323 e. The molecule has 11 heteroatoms. The fraction of sp³-hybridized carbons (Fsp3) is 0.458. The van der Waals surface area contributed by atoms with Gasteiger partial charge in [-0.1, -0.05) is 6.07 Å². The second-order valence-corrected chi connectivity index (χ2v) is 8.46. The van der Waals surface area contributed by atoms with Gasteiger partial charge >= 0.3 is 5.97 Å². The van der Waals surface area contributed by atoms with E-state index in [0.29, 0.717) is 30.1 Å². The molecule has 0 saturated carbocycles. The minimum Gasteiger partial charge on any atom is -0.480 e. The lowest BCUT2D eigenvalue weighted by atomic mass is 10.1. The van der Waals surface area contributed by atoms with E-state index in [4.69, 9.17) is 14.5 Å². The van der Waals surface area contributed by atoms with Gasteiger partial charge in [-0.3, -0.25) is 14.9 Å². The van der Waals surface area contributed by atoms with Crippen LogP contribution in [0.1, 0.15) is 24.1 Å². The summed E-state index contributed by atoms with van der Waals surface area (Å²) in [6, 6.07) is 6.27. The highest BCUT2D eigenvalue weighted by atomic mass is 35.5. The van der Waals surface area contributed by atoms with Gasteiger partial charge in [-0.05, 0) is 37.6 Å². The number of aliphatic hydroxyl groups is 1. The first-order valence-corrected chi connectivity index (χ1v) is 11.0. The Morgan fingerprint density at radius 3 is 2.40 bits per heavy atom. The molecule has 1 aromatic carbocycles. The van der Waals surface area contributed by atoms with Crippen molar-refractivity contribution >= 4 is 29.4 Å². The molecule has 0 amide bonds. The van der Waals surface area contributed by atoms with Crippen molar-refractivity contribution in [1.82, 2.24) is 19.4 Å². The van der Waals surface area contributed by atoms with E-state index in [1.807, 2.05) is 24.3 Å². The fourth-order valence-electron chi connectivity index (χ4n) is 4.10. The molecule has 0 aliphatic carbocycles. The lowest BCUT2D eigenvalue weighted by Gasteiger charge is -2.21. The van der Waals surface area contributed by atoms with Gasteiger partial charge in [-0.15, -0.1) is 12.4 Å². The van der Waals surface area contributed by atoms with Gasteiger partial charge in [0.05, 0.1) is 36.4 Å². The second-order valence-electron chi connectivity index (χ2n) is 8.46. The summed E-state index contributed by atoms with van der Waals surface area (Å²) < 4.78 is 14.5. The largest absolute Gasteiger partial charge is 0.480 e. The fourth-order valence-corrected chi connectivity index (χ4v) is 4.10. The maximum atomic E-state index is 12.2. The number of pyridine rings is 1. The molecule has 0 aliphatic rings. The summed E-state index contributed by atoms with van der Waals surface area (Å²) in [6.45, 7) is 4.25. The number of imidazole rings is 1. The van der Waals surface area contributed by atoms with E-state index in [1.54, 1.807) is 34.4 Å². The maximum Gasteiger partial charge on any atom is 0.323 e. The number of carbonyl (C=O) groups is 1. The number of halogens is 1. The average molecular weight is 509 g/mol. The average Bonchev–Trinajstić information content (AvgIpc) is 3.15. The van der Waals surface area contributed by atoms with Crippen molar-refractivity contribution in [2.45, 2.75) is 38.6 Å². The van der Waals surface area contributed by atoms with Gasteiger partial charge in [0.15, 0.2) is 0 Å². The van der Waals surface area contributed by atoms with Crippen molar-refractivity contribution in [3.8, 4) is 11.4 Å². The molecule has 35 heavy (non-hydrogen) atoms. The lowest BCUT2D eigenvalue weighted by molar-refractivity contribution is -0.142. The lowest BCUT2D eigenvalue weighted by Crippen LogP contribution is -2.44. The quantitative estimate of drug-likeness (QED) is 0.358. The van der Waals surface area contributed by atoms with Crippen LogP contribution in [-0.4, -0.2) is 69.9 Å². The number of ether oxygens (including phenoxy) is 2. The Bertz CT molecular complexity index is 1190. The van der Waals surface area contributed by atoms with Crippen molar-refractivity contribution in [2.75, 3.05) is 27.4 Å². The van der Waals surface area contributed by atoms with E-state index in [1.165, 1.54) is 11.5 Å². The Morgan fingerprint density at radius 1 is 1.20 bits per heavy atom. The van der Waals surface area contributed by atoms with Crippen molar-refractivity contribution < 1.29 is 24.5 Å². The number of aromatic nitrogens is 3. The zero-order valence-corrected chi connectivity index (χ0v) is 21.3. The Hall–Kier alpha value is -2.76. The molecule has 0 aliphatic heterocycles. The molecular formula is C24H33ClN4O6. The number of fused-ring (bicyclic) bond motifs is 1. The number of nitrogens with zero attached hydrogens (tertiary/aromatic N) is 3. The van der Waals surface area contributed by atoms with Crippen LogP contribution in [0, 0.1) is 6.92 Å². The molecule has 3 aromatic rings. The number of hydrogen-bond acceptors (Lipinski definition) is 7. The molecule has 2 heterocycles. The molecule has 3 rings (SSSR count). The van der Waals surface area contributed by atoms with Crippen LogP contribution in [-0.2, 0) is 27.9 Å². The summed E-state index contributed by atoms with van der Waals surface area (Å²) >= 11 is 0. The topological polar surface area (TPSA) is 128 Å². The molecule has 2 aromatic heterocycles. The maximum absolute atomic E-state index is 12.2. The van der Waals surface area contributed by atoms with Gasteiger partial charge < -0.3 is 28.8 Å². The van der Waals surface area contributed by atoms with Crippen LogP contribution >= 0.6 is 12.4 Å². The van der Waals surface area contributed by atoms with E-state index in [-0.39, 0.29) is 30.6 Å². The zero-order chi connectivity index (χ0) is 25.0. The molecule has 2 atom stereocenters. The van der Waals surface area contributed by atoms with Crippen molar-refractivity contribution in [3.05, 3.63) is 51.9 Å². The number of nitrogens with one attached hydrogen (secondary N) is 1. The van der Waals surface area contributed by atoms with Gasteiger partial charge in [-0.25, -0.2) is 4.98 Å². The number of methoxy groups -OCH3 is 2. The van der Waals surface area contributed by atoms with Crippen LogP contribution in [0.2, 0.25) is 0 Å². The van der Waals surface area contributed by atoms with Gasteiger partial charge in [0.2, 0.25) is 0 Å². The van der Waals surface area contributed by atoms with Crippen LogP contribution in [0.4, 0.5) is 0 Å². The number of aliphatic hydroxyl groups excluding tert-OH is 1. The molecule has 10 nitrogen and oxygen atoms in total. The molecule has 0 bridgehead atoms. The second kappa shape index (κ2) is 12.3. The molecule has 0 saturated heterocycles. The monoisotopic (exact) mass is 508 g/mol. The van der Waals surface area contributed by atoms with Gasteiger partial charge in [0.25, 0.3) is 5.56 Å². The molecule has 0 fully saturated rings. The number of aliphatic carboxylic acids is 1. The predicted octanol–water partition coefficient (Wildman–Crippen LogP) is 1.89. The molecule has 0 spiro atoms. The Balaban J connectivity index is 0.00000432. The summed E-state index contributed by atoms with van der Waals surface area (Å²) in [5.41, 5.74) is 3.71. The molecule has 0 radical (unpaired) electrons. The third kappa shape index (κ3) is 6.28. The van der Waals surface area contributed by atoms with E-state index in [9.17, 15) is 19.8 Å². The summed E-state index contributed by atoms with van der Waals surface area (Å²) in [4.78, 5) is 28.5. The number of carboxylic acid groups (broad SMARTS) is 1. The number of carboxylic acids is 1. The molecule has 3 N–H and O–H groups in total. The van der Waals surface area contributed by atoms with Crippen LogP contribution in [0.25, 0.3) is 22.4 Å². The summed E-state index contributed by atoms with van der Waals surface area (Å²) in [7, 11) is 4.96. The van der Waals surface area contributed by atoms with E-state index < -0.39 is 18.1 Å². The van der Waals surface area contributed by atoms with Crippen LogP contribution in [0.5, 0.6) is 0 Å². The molecule has 192 valence electrons. The zero-order valence-electron chi connectivity index (χ0n) is 20.5. The first-order valence-electron chi connectivity index (χ1n) is 11.0. The van der Waals surface area contributed by atoms with Crippen molar-refractivity contribution in [1.29, 1.82) is 0 Å². The minimum absolute atomic E-state index is 0. The molecular weight excluding hydrogens is 476 g/mol. The highest BCUT2D eigenvalue weighted by Crippen LogP contribution is 2.29. The standard InChI is InChI=1S/C24H32N4O6.ClH/c1-14-8-17(11-27(3)23(14)30)22-26-19-9-16(10-25-21(15(2)29)24(31)32)6-7-20(19)28(22)18(12-33-4)13-34-5;/h6-9,11,15,18,21,25,29H,10,12-13H2,1-5H3,(H,31,32);1H/t15-,21+;/m1./s1. The summed E-state index contributed by atoms with van der Waals surface area (Å²) in [5, 5.41) is 21.9. The SMILES string of the molecule is COCC(COC)n1c(-c2cc(C)c(=O)n(C)c2)nc2cc(CN[C@H](C(=O)O)[C@@H](C)O)ccc21.Cl. The number of rotatable bonds is 11.